The molecule has 0 bridgehead atoms. The van der Waals surface area contributed by atoms with Crippen LogP contribution in [0.5, 0.6) is 5.75 Å². The number of carbonyl (C=O) groups is 1. The lowest BCUT2D eigenvalue weighted by molar-refractivity contribution is -0.144. The smallest absolute Gasteiger partial charge is 0.446 e. The van der Waals surface area contributed by atoms with E-state index in [0.717, 1.165) is 10.8 Å². The van der Waals surface area contributed by atoms with Crippen molar-refractivity contribution in [3.63, 3.8) is 0 Å². The summed E-state index contributed by atoms with van der Waals surface area (Å²) >= 11 is 0. The Kier molecular flexibility index (Phi) is 4.91. The minimum atomic E-state index is -4.71. The van der Waals surface area contributed by atoms with Crippen molar-refractivity contribution < 1.29 is 26.7 Å². The van der Waals surface area contributed by atoms with Gasteiger partial charge in [0, 0.05) is 11.1 Å². The average molecular weight is 338 g/mol. The second-order valence-electron chi connectivity index (χ2n) is 5.13. The predicted octanol–water partition coefficient (Wildman–Crippen LogP) is 3.00. The maximum absolute atomic E-state index is 12.0. The van der Waals surface area contributed by atoms with Crippen molar-refractivity contribution in [2.45, 2.75) is 26.7 Å². The molecule has 0 aromatic heterocycles. The van der Waals surface area contributed by atoms with Crippen molar-refractivity contribution in [1.82, 2.24) is 0 Å². The summed E-state index contributed by atoms with van der Waals surface area (Å²) in [5.74, 6) is -1.29. The Morgan fingerprint density at radius 1 is 1.30 bits per heavy atom. The van der Waals surface area contributed by atoms with E-state index in [4.69, 9.17) is 13.5 Å². The molecule has 0 saturated heterocycles. The summed E-state index contributed by atoms with van der Waals surface area (Å²) in [6, 6.07) is 8.97. The number of aryl methyl sites for hydroxylation is 1. The number of benzene rings is 2. The minimum absolute atomic E-state index is 0.0493. The van der Waals surface area contributed by atoms with Gasteiger partial charge in [-0.25, -0.2) is 0 Å². The SMILES string of the molecule is CCOC(=O)C(C)c1cc2ccccc2c(C)c1OS(=O)(=O)O. The molecule has 0 saturated carbocycles. The molecule has 7 heteroatoms. The Morgan fingerprint density at radius 2 is 1.96 bits per heavy atom. The quantitative estimate of drug-likeness (QED) is 0.666. The van der Waals surface area contributed by atoms with E-state index in [9.17, 15) is 13.2 Å². The van der Waals surface area contributed by atoms with Crippen molar-refractivity contribution in [1.29, 1.82) is 0 Å². The van der Waals surface area contributed by atoms with Crippen LogP contribution in [0.2, 0.25) is 0 Å². The van der Waals surface area contributed by atoms with E-state index in [2.05, 4.69) is 0 Å². The lowest BCUT2D eigenvalue weighted by atomic mass is 9.93. The molecule has 0 aliphatic carbocycles. The van der Waals surface area contributed by atoms with Gasteiger partial charge < -0.3 is 8.92 Å². The molecule has 124 valence electrons. The van der Waals surface area contributed by atoms with Gasteiger partial charge in [0.15, 0.2) is 5.75 Å². The zero-order valence-electron chi connectivity index (χ0n) is 13.1. The Hall–Kier alpha value is -2.12. The van der Waals surface area contributed by atoms with Gasteiger partial charge >= 0.3 is 16.4 Å². The third-order valence-electron chi connectivity index (χ3n) is 3.57. The van der Waals surface area contributed by atoms with E-state index < -0.39 is 22.3 Å². The Bertz CT molecular complexity index is 841. The summed E-state index contributed by atoms with van der Waals surface area (Å²) in [7, 11) is -4.71. The standard InChI is InChI=1S/C16H18O6S/c1-4-21-16(17)11(3)14-9-12-7-5-6-8-13(12)10(2)15(14)22-23(18,19)20/h5-9,11H,4H2,1-3H3,(H,18,19,20). The van der Waals surface area contributed by atoms with Crippen LogP contribution in [-0.4, -0.2) is 25.5 Å². The Morgan fingerprint density at radius 3 is 2.57 bits per heavy atom. The van der Waals surface area contributed by atoms with Crippen LogP contribution in [0.3, 0.4) is 0 Å². The second kappa shape index (κ2) is 6.55. The van der Waals surface area contributed by atoms with Crippen LogP contribution in [0.4, 0.5) is 0 Å². The zero-order valence-corrected chi connectivity index (χ0v) is 13.9. The van der Waals surface area contributed by atoms with Gasteiger partial charge in [-0.05, 0) is 37.6 Å². The Balaban J connectivity index is 2.69. The molecule has 0 heterocycles. The molecular formula is C16H18O6S. The molecule has 2 rings (SSSR count). The topological polar surface area (TPSA) is 89.9 Å². The number of hydrogen-bond acceptors (Lipinski definition) is 5. The lowest BCUT2D eigenvalue weighted by Gasteiger charge is -2.18. The largest absolute Gasteiger partial charge is 0.466 e. The predicted molar refractivity (Wildman–Crippen MR) is 85.9 cm³/mol. The highest BCUT2D eigenvalue weighted by Crippen LogP contribution is 2.37. The summed E-state index contributed by atoms with van der Waals surface area (Å²) in [5, 5.41) is 1.60. The molecule has 0 fully saturated rings. The second-order valence-corrected chi connectivity index (χ2v) is 6.15. The molecule has 0 spiro atoms. The fourth-order valence-corrected chi connectivity index (χ4v) is 2.90. The fraction of sp³-hybridized carbons (Fsp3) is 0.312. The zero-order chi connectivity index (χ0) is 17.2. The van der Waals surface area contributed by atoms with E-state index in [1.807, 2.05) is 12.1 Å². The first-order valence-corrected chi connectivity index (χ1v) is 8.47. The monoisotopic (exact) mass is 338 g/mol. The number of ether oxygens (including phenoxy) is 1. The number of hydrogen-bond donors (Lipinski definition) is 1. The van der Waals surface area contributed by atoms with E-state index in [1.54, 1.807) is 39.0 Å². The van der Waals surface area contributed by atoms with Gasteiger partial charge in [-0.3, -0.25) is 9.35 Å². The summed E-state index contributed by atoms with van der Waals surface area (Å²) < 4.78 is 41.1. The van der Waals surface area contributed by atoms with Crippen LogP contribution in [-0.2, 0) is 19.9 Å². The number of esters is 1. The molecule has 0 amide bonds. The third kappa shape index (κ3) is 3.80. The van der Waals surface area contributed by atoms with Crippen molar-refractivity contribution in [3.8, 4) is 5.75 Å². The van der Waals surface area contributed by atoms with Gasteiger partial charge in [0.1, 0.15) is 0 Å². The van der Waals surface area contributed by atoms with Crippen LogP contribution in [0.15, 0.2) is 30.3 Å². The third-order valence-corrected chi connectivity index (χ3v) is 3.95. The first-order valence-electron chi connectivity index (χ1n) is 7.10. The van der Waals surface area contributed by atoms with Crippen LogP contribution >= 0.6 is 0 Å². The number of fused-ring (bicyclic) bond motifs is 1. The average Bonchev–Trinajstić information content (AvgIpc) is 2.48. The fourth-order valence-electron chi connectivity index (χ4n) is 2.47. The molecule has 0 radical (unpaired) electrons. The summed E-state index contributed by atoms with van der Waals surface area (Å²) in [6.45, 7) is 5.17. The van der Waals surface area contributed by atoms with E-state index >= 15 is 0 Å². The summed E-state index contributed by atoms with van der Waals surface area (Å²) in [6.07, 6.45) is 0. The minimum Gasteiger partial charge on any atom is -0.466 e. The van der Waals surface area contributed by atoms with Crippen molar-refractivity contribution in [2.75, 3.05) is 6.61 Å². The van der Waals surface area contributed by atoms with Gasteiger partial charge in [-0.15, -0.1) is 0 Å². The molecular weight excluding hydrogens is 320 g/mol. The molecule has 1 unspecified atom stereocenters. The molecule has 2 aromatic rings. The van der Waals surface area contributed by atoms with Gasteiger partial charge in [0.25, 0.3) is 0 Å². The van der Waals surface area contributed by atoms with E-state index in [-0.39, 0.29) is 12.4 Å². The molecule has 0 aliphatic rings. The van der Waals surface area contributed by atoms with Crippen LogP contribution in [0.1, 0.15) is 30.9 Å². The first kappa shape index (κ1) is 17.2. The molecule has 6 nitrogen and oxygen atoms in total. The van der Waals surface area contributed by atoms with Crippen molar-refractivity contribution in [2.24, 2.45) is 0 Å². The highest BCUT2D eigenvalue weighted by atomic mass is 32.3. The lowest BCUT2D eigenvalue weighted by Crippen LogP contribution is -2.16. The summed E-state index contributed by atoms with van der Waals surface area (Å²) in [5.41, 5.74) is 0.865. The van der Waals surface area contributed by atoms with Crippen LogP contribution < -0.4 is 4.18 Å². The molecule has 0 aliphatic heterocycles. The normalized spacial score (nSPS) is 12.9. The van der Waals surface area contributed by atoms with Gasteiger partial charge in [-0.1, -0.05) is 24.3 Å². The van der Waals surface area contributed by atoms with Gasteiger partial charge in [0.2, 0.25) is 0 Å². The number of carbonyl (C=O) groups excluding carboxylic acids is 1. The highest BCUT2D eigenvalue weighted by Gasteiger charge is 2.25. The molecule has 1 N–H and O–H groups in total. The maximum Gasteiger partial charge on any atom is 0.446 e. The van der Waals surface area contributed by atoms with Gasteiger partial charge in [0.05, 0.1) is 12.5 Å². The van der Waals surface area contributed by atoms with Crippen LogP contribution in [0.25, 0.3) is 10.8 Å². The highest BCUT2D eigenvalue weighted by molar-refractivity contribution is 7.81. The summed E-state index contributed by atoms with van der Waals surface area (Å²) in [4.78, 5) is 12.0. The van der Waals surface area contributed by atoms with Crippen molar-refractivity contribution in [3.05, 3.63) is 41.5 Å². The Labute approximate surface area is 135 Å². The van der Waals surface area contributed by atoms with Crippen molar-refractivity contribution >= 4 is 27.1 Å². The molecule has 1 atom stereocenters. The van der Waals surface area contributed by atoms with E-state index in [0.29, 0.717) is 11.1 Å². The van der Waals surface area contributed by atoms with Gasteiger partial charge in [-0.2, -0.15) is 8.42 Å². The maximum atomic E-state index is 12.0. The van der Waals surface area contributed by atoms with E-state index in [1.165, 1.54) is 0 Å². The van der Waals surface area contributed by atoms with Crippen LogP contribution in [0, 0.1) is 6.92 Å². The molecule has 23 heavy (non-hydrogen) atoms. The molecule has 2 aromatic carbocycles. The first-order chi connectivity index (χ1) is 10.7. The number of rotatable bonds is 5.